The average molecular weight is 298 g/mol. The summed E-state index contributed by atoms with van der Waals surface area (Å²) in [7, 11) is 0. The molecule has 0 aromatic heterocycles. The third-order valence-corrected chi connectivity index (χ3v) is 4.31. The molecule has 1 unspecified atom stereocenters. The first-order valence-electron chi connectivity index (χ1n) is 9.48. The zero-order valence-electron chi connectivity index (χ0n) is 15.4. The van der Waals surface area contributed by atoms with Crippen LogP contribution in [-0.4, -0.2) is 48.6 Å². The van der Waals surface area contributed by atoms with Crippen LogP contribution in [0.15, 0.2) is 0 Å². The topological polar surface area (TPSA) is 6.48 Å². The molecule has 0 amide bonds. The Balaban J connectivity index is 4.32. The summed E-state index contributed by atoms with van der Waals surface area (Å²) in [5.41, 5.74) is 0. The lowest BCUT2D eigenvalue weighted by atomic mass is 10.1. The van der Waals surface area contributed by atoms with E-state index in [1.54, 1.807) is 0 Å². The van der Waals surface area contributed by atoms with Crippen LogP contribution < -0.4 is 0 Å². The quantitative estimate of drug-likeness (QED) is 0.420. The number of nitrogens with zero attached hydrogens (tertiary/aromatic N) is 2. The van der Waals surface area contributed by atoms with Gasteiger partial charge < -0.3 is 9.80 Å². The normalized spacial score (nSPS) is 13.3. The summed E-state index contributed by atoms with van der Waals surface area (Å²) < 4.78 is 0. The second kappa shape index (κ2) is 14.8. The van der Waals surface area contributed by atoms with E-state index in [-0.39, 0.29) is 0 Å². The zero-order valence-corrected chi connectivity index (χ0v) is 15.4. The van der Waals surface area contributed by atoms with E-state index >= 15 is 0 Å². The van der Waals surface area contributed by atoms with Gasteiger partial charge in [0.15, 0.2) is 0 Å². The molecule has 21 heavy (non-hydrogen) atoms. The summed E-state index contributed by atoms with van der Waals surface area (Å²) in [6, 6.07) is 0.677. The highest BCUT2D eigenvalue weighted by Gasteiger charge is 2.16. The van der Waals surface area contributed by atoms with Gasteiger partial charge in [-0.2, -0.15) is 0 Å². The molecule has 0 rings (SSSR count). The van der Waals surface area contributed by atoms with Gasteiger partial charge in [-0.25, -0.2) is 0 Å². The average Bonchev–Trinajstić information content (AvgIpc) is 2.50. The van der Waals surface area contributed by atoms with Gasteiger partial charge in [0.25, 0.3) is 0 Å². The summed E-state index contributed by atoms with van der Waals surface area (Å²) in [5.74, 6) is 0. The molecule has 127 valence electrons. The van der Waals surface area contributed by atoms with Crippen molar-refractivity contribution in [2.24, 2.45) is 0 Å². The number of unbranched alkanes of at least 4 members (excludes halogenated alkanes) is 2. The van der Waals surface area contributed by atoms with Crippen LogP contribution in [0.2, 0.25) is 0 Å². The van der Waals surface area contributed by atoms with Crippen LogP contribution in [0.1, 0.15) is 79.1 Å². The molecule has 0 heterocycles. The minimum atomic E-state index is 0.677. The lowest BCUT2D eigenvalue weighted by molar-refractivity contribution is 0.161. The predicted octanol–water partition coefficient (Wildman–Crippen LogP) is 4.99. The molecule has 0 bridgehead atoms. The summed E-state index contributed by atoms with van der Waals surface area (Å²) in [4.78, 5) is 5.36. The van der Waals surface area contributed by atoms with E-state index in [1.165, 1.54) is 77.7 Å². The first-order chi connectivity index (χ1) is 10.2. The Bertz CT molecular complexity index is 192. The Morgan fingerprint density at radius 3 is 1.62 bits per heavy atom. The SMILES string of the molecule is [CH2]CC(CCN(CCCC)CCCC)N(CCC)CCC. The first-order valence-corrected chi connectivity index (χ1v) is 9.48. The Hall–Kier alpha value is -0.0800. The van der Waals surface area contributed by atoms with Crippen LogP contribution in [0.4, 0.5) is 0 Å². The summed E-state index contributed by atoms with van der Waals surface area (Å²) in [6.07, 6.45) is 10.1. The summed E-state index contributed by atoms with van der Waals surface area (Å²) in [5, 5.41) is 0. The van der Waals surface area contributed by atoms with Crippen molar-refractivity contribution < 1.29 is 0 Å². The van der Waals surface area contributed by atoms with E-state index < -0.39 is 0 Å². The largest absolute Gasteiger partial charge is 0.303 e. The molecular weight excluding hydrogens is 256 g/mol. The van der Waals surface area contributed by atoms with Crippen molar-refractivity contribution in [1.82, 2.24) is 9.80 Å². The molecule has 2 nitrogen and oxygen atoms in total. The van der Waals surface area contributed by atoms with E-state index in [0.717, 1.165) is 6.42 Å². The highest BCUT2D eigenvalue weighted by Crippen LogP contribution is 2.12. The van der Waals surface area contributed by atoms with Crippen molar-refractivity contribution in [3.63, 3.8) is 0 Å². The Labute approximate surface area is 135 Å². The molecule has 0 saturated heterocycles. The molecule has 0 aliphatic rings. The van der Waals surface area contributed by atoms with Gasteiger partial charge in [0.05, 0.1) is 0 Å². The predicted molar refractivity (Wildman–Crippen MR) is 96.8 cm³/mol. The third kappa shape index (κ3) is 10.3. The van der Waals surface area contributed by atoms with Crippen LogP contribution in [0, 0.1) is 6.92 Å². The van der Waals surface area contributed by atoms with Crippen LogP contribution in [0.25, 0.3) is 0 Å². The number of hydrogen-bond acceptors (Lipinski definition) is 2. The molecule has 0 saturated carbocycles. The maximum absolute atomic E-state index is 4.21. The number of hydrogen-bond donors (Lipinski definition) is 0. The van der Waals surface area contributed by atoms with Crippen molar-refractivity contribution in [2.45, 2.75) is 85.1 Å². The number of rotatable bonds is 15. The lowest BCUT2D eigenvalue weighted by Gasteiger charge is -2.32. The molecule has 0 spiro atoms. The zero-order chi connectivity index (χ0) is 15.9. The van der Waals surface area contributed by atoms with E-state index in [1.807, 2.05) is 0 Å². The fourth-order valence-corrected chi connectivity index (χ4v) is 2.99. The van der Waals surface area contributed by atoms with Crippen molar-refractivity contribution >= 4 is 0 Å². The van der Waals surface area contributed by atoms with Crippen molar-refractivity contribution in [1.29, 1.82) is 0 Å². The van der Waals surface area contributed by atoms with Crippen LogP contribution in [-0.2, 0) is 0 Å². The standard InChI is InChI=1S/C19H41N2/c1-6-11-16-20(17-12-7-2)18-13-19(10-5)21(14-8-3)15-9-4/h19H,5-18H2,1-4H3. The highest BCUT2D eigenvalue weighted by atomic mass is 15.2. The Morgan fingerprint density at radius 1 is 0.714 bits per heavy atom. The van der Waals surface area contributed by atoms with E-state index in [0.29, 0.717) is 6.04 Å². The summed E-state index contributed by atoms with van der Waals surface area (Å²) in [6.45, 7) is 19.7. The minimum Gasteiger partial charge on any atom is -0.303 e. The molecule has 1 atom stereocenters. The highest BCUT2D eigenvalue weighted by molar-refractivity contribution is 4.74. The van der Waals surface area contributed by atoms with Gasteiger partial charge in [-0.3, -0.25) is 0 Å². The van der Waals surface area contributed by atoms with Gasteiger partial charge in [0, 0.05) is 6.04 Å². The molecule has 1 radical (unpaired) electrons. The van der Waals surface area contributed by atoms with Gasteiger partial charge in [0.2, 0.25) is 0 Å². The van der Waals surface area contributed by atoms with E-state index in [9.17, 15) is 0 Å². The molecule has 0 N–H and O–H groups in total. The lowest BCUT2D eigenvalue weighted by Crippen LogP contribution is -2.39. The maximum Gasteiger partial charge on any atom is 0.0107 e. The van der Waals surface area contributed by atoms with Gasteiger partial charge in [-0.15, -0.1) is 0 Å². The fraction of sp³-hybridized carbons (Fsp3) is 0.947. The van der Waals surface area contributed by atoms with Crippen LogP contribution in [0.5, 0.6) is 0 Å². The molecule has 2 heteroatoms. The van der Waals surface area contributed by atoms with Gasteiger partial charge in [-0.1, -0.05) is 47.5 Å². The smallest absolute Gasteiger partial charge is 0.0107 e. The molecular formula is C19H41N2. The van der Waals surface area contributed by atoms with Gasteiger partial charge in [0.1, 0.15) is 0 Å². The van der Waals surface area contributed by atoms with Crippen molar-refractivity contribution in [3.8, 4) is 0 Å². The molecule has 0 fully saturated rings. The fourth-order valence-electron chi connectivity index (χ4n) is 2.99. The Kier molecular flexibility index (Phi) is 14.8. The second-order valence-electron chi connectivity index (χ2n) is 6.32. The monoisotopic (exact) mass is 297 g/mol. The van der Waals surface area contributed by atoms with Crippen LogP contribution >= 0.6 is 0 Å². The van der Waals surface area contributed by atoms with Gasteiger partial charge in [-0.05, 0) is 71.2 Å². The molecule has 0 aromatic rings. The van der Waals surface area contributed by atoms with Crippen molar-refractivity contribution in [3.05, 3.63) is 6.92 Å². The maximum atomic E-state index is 4.21. The Morgan fingerprint density at radius 2 is 1.24 bits per heavy atom. The summed E-state index contributed by atoms with van der Waals surface area (Å²) >= 11 is 0. The van der Waals surface area contributed by atoms with E-state index in [2.05, 4.69) is 44.4 Å². The molecule has 0 aliphatic heterocycles. The third-order valence-electron chi connectivity index (χ3n) is 4.31. The first kappa shape index (κ1) is 20.9. The van der Waals surface area contributed by atoms with E-state index in [4.69, 9.17) is 0 Å². The molecule has 0 aromatic carbocycles. The molecule has 0 aliphatic carbocycles. The minimum absolute atomic E-state index is 0.677. The van der Waals surface area contributed by atoms with Gasteiger partial charge >= 0.3 is 0 Å². The van der Waals surface area contributed by atoms with Crippen molar-refractivity contribution in [2.75, 3.05) is 32.7 Å². The second-order valence-corrected chi connectivity index (χ2v) is 6.32. The van der Waals surface area contributed by atoms with Crippen LogP contribution in [0.3, 0.4) is 0 Å².